The maximum Gasteiger partial charge on any atom is 0.232 e. The number of likely N-dealkylation sites (N-methyl/N-ethyl adjacent to an activating group) is 1. The number of rotatable bonds is 9. The number of nitrogens with zero attached hydrogens (tertiary/aromatic N) is 2. The standard InChI is InChI=1S/C25H26N4O2S2/c1-26-11-12-30-19-9-7-18(8-10-19)23-21(17-5-3-2-4-6-17)22-24(28-16-29-25(22)31-23)27-15-20-32-13-14-33-20/h2-10,16,20,26H,11-15H2,1H3,(H,27,28,29). The molecule has 1 saturated heterocycles. The predicted octanol–water partition coefficient (Wildman–Crippen LogP) is 5.37. The van der Waals surface area contributed by atoms with Gasteiger partial charge in [-0.2, -0.15) is 0 Å². The normalized spacial score (nSPS) is 14.1. The fourth-order valence-corrected chi connectivity index (χ4v) is 6.49. The minimum absolute atomic E-state index is 0.539. The second-order valence-corrected chi connectivity index (χ2v) is 10.5. The van der Waals surface area contributed by atoms with Gasteiger partial charge in [0.15, 0.2) is 0 Å². The van der Waals surface area contributed by atoms with E-state index in [2.05, 4.69) is 32.7 Å². The summed E-state index contributed by atoms with van der Waals surface area (Å²) in [5.41, 5.74) is 3.63. The van der Waals surface area contributed by atoms with Crippen molar-refractivity contribution < 1.29 is 9.15 Å². The predicted molar refractivity (Wildman–Crippen MR) is 139 cm³/mol. The van der Waals surface area contributed by atoms with Gasteiger partial charge >= 0.3 is 0 Å². The van der Waals surface area contributed by atoms with Gasteiger partial charge in [0, 0.05) is 35.7 Å². The molecule has 6 nitrogen and oxygen atoms in total. The van der Waals surface area contributed by atoms with Gasteiger partial charge in [0.2, 0.25) is 5.71 Å². The van der Waals surface area contributed by atoms with Crippen molar-refractivity contribution in [3.05, 3.63) is 60.9 Å². The quantitative estimate of drug-likeness (QED) is 0.311. The van der Waals surface area contributed by atoms with Crippen LogP contribution in [0.3, 0.4) is 0 Å². The van der Waals surface area contributed by atoms with Crippen molar-refractivity contribution in [1.29, 1.82) is 0 Å². The van der Waals surface area contributed by atoms with Gasteiger partial charge in [0.1, 0.15) is 30.3 Å². The van der Waals surface area contributed by atoms with Crippen LogP contribution in [0.1, 0.15) is 0 Å². The Labute approximate surface area is 201 Å². The first-order valence-corrected chi connectivity index (χ1v) is 13.1. The molecular weight excluding hydrogens is 452 g/mol. The molecule has 0 radical (unpaired) electrons. The van der Waals surface area contributed by atoms with Crippen molar-refractivity contribution in [3.8, 4) is 28.2 Å². The van der Waals surface area contributed by atoms with E-state index in [4.69, 9.17) is 9.15 Å². The van der Waals surface area contributed by atoms with E-state index in [1.165, 1.54) is 11.5 Å². The SMILES string of the molecule is CNCCOc1ccc(-c2oc3ncnc(NCC4SCCS4)c3c2-c2ccccc2)cc1. The number of anilines is 1. The highest BCUT2D eigenvalue weighted by molar-refractivity contribution is 8.20. The lowest BCUT2D eigenvalue weighted by Crippen LogP contribution is -2.15. The third-order valence-corrected chi connectivity index (χ3v) is 8.45. The highest BCUT2D eigenvalue weighted by Gasteiger charge is 2.23. The maximum absolute atomic E-state index is 6.34. The summed E-state index contributed by atoms with van der Waals surface area (Å²) >= 11 is 3.99. The molecule has 33 heavy (non-hydrogen) atoms. The van der Waals surface area contributed by atoms with E-state index in [1.807, 2.05) is 73.0 Å². The third kappa shape index (κ3) is 4.98. The van der Waals surface area contributed by atoms with Crippen molar-refractivity contribution in [2.45, 2.75) is 4.58 Å². The Balaban J connectivity index is 1.55. The summed E-state index contributed by atoms with van der Waals surface area (Å²) in [6.07, 6.45) is 1.57. The Morgan fingerprint density at radius 2 is 1.79 bits per heavy atom. The van der Waals surface area contributed by atoms with Gasteiger partial charge in [0.05, 0.1) is 9.97 Å². The Morgan fingerprint density at radius 3 is 2.55 bits per heavy atom. The molecule has 0 aliphatic carbocycles. The minimum atomic E-state index is 0.539. The molecule has 0 bridgehead atoms. The lowest BCUT2D eigenvalue weighted by Gasteiger charge is -2.11. The van der Waals surface area contributed by atoms with E-state index in [1.54, 1.807) is 6.33 Å². The Bertz CT molecular complexity index is 1190. The van der Waals surface area contributed by atoms with Crippen LogP contribution in [0.25, 0.3) is 33.6 Å². The number of furan rings is 1. The zero-order valence-corrected chi connectivity index (χ0v) is 20.0. The molecule has 1 fully saturated rings. The zero-order valence-electron chi connectivity index (χ0n) is 18.4. The van der Waals surface area contributed by atoms with Crippen LogP contribution in [-0.2, 0) is 0 Å². The number of hydrogen-bond donors (Lipinski definition) is 2. The zero-order chi connectivity index (χ0) is 22.5. The van der Waals surface area contributed by atoms with E-state index in [9.17, 15) is 0 Å². The van der Waals surface area contributed by atoms with Crippen LogP contribution in [0.15, 0.2) is 65.3 Å². The summed E-state index contributed by atoms with van der Waals surface area (Å²) < 4.78 is 12.7. The average molecular weight is 479 g/mol. The van der Waals surface area contributed by atoms with Crippen molar-refractivity contribution >= 4 is 40.4 Å². The second kappa shape index (κ2) is 10.5. The van der Waals surface area contributed by atoms with Crippen LogP contribution in [0.4, 0.5) is 5.82 Å². The third-order valence-electron chi connectivity index (χ3n) is 5.42. The van der Waals surface area contributed by atoms with Crippen LogP contribution in [0.2, 0.25) is 0 Å². The molecule has 2 N–H and O–H groups in total. The number of benzene rings is 2. The molecule has 0 atom stereocenters. The van der Waals surface area contributed by atoms with Crippen LogP contribution >= 0.6 is 23.5 Å². The molecule has 0 spiro atoms. The molecule has 0 amide bonds. The number of aromatic nitrogens is 2. The van der Waals surface area contributed by atoms with Crippen molar-refractivity contribution in [2.24, 2.45) is 0 Å². The summed E-state index contributed by atoms with van der Waals surface area (Å²) in [5.74, 6) is 4.84. The first-order chi connectivity index (χ1) is 16.3. The molecule has 8 heteroatoms. The van der Waals surface area contributed by atoms with Crippen LogP contribution in [0.5, 0.6) is 5.75 Å². The second-order valence-electron chi connectivity index (χ2n) is 7.60. The first kappa shape index (κ1) is 22.1. The van der Waals surface area contributed by atoms with Gasteiger partial charge in [-0.1, -0.05) is 30.3 Å². The monoisotopic (exact) mass is 478 g/mol. The summed E-state index contributed by atoms with van der Waals surface area (Å²) in [4.78, 5) is 9.05. The highest BCUT2D eigenvalue weighted by atomic mass is 32.2. The Morgan fingerprint density at radius 1 is 1.00 bits per heavy atom. The molecule has 1 aliphatic heterocycles. The summed E-state index contributed by atoms with van der Waals surface area (Å²) in [7, 11) is 1.91. The topological polar surface area (TPSA) is 72.2 Å². The smallest absolute Gasteiger partial charge is 0.232 e. The van der Waals surface area contributed by atoms with Gasteiger partial charge < -0.3 is 19.8 Å². The van der Waals surface area contributed by atoms with Crippen molar-refractivity contribution in [2.75, 3.05) is 43.6 Å². The molecule has 3 heterocycles. The number of ether oxygens (including phenoxy) is 1. The van der Waals surface area contributed by atoms with Crippen molar-refractivity contribution in [3.63, 3.8) is 0 Å². The lowest BCUT2D eigenvalue weighted by atomic mass is 9.99. The minimum Gasteiger partial charge on any atom is -0.492 e. The maximum atomic E-state index is 6.34. The van der Waals surface area contributed by atoms with Gasteiger partial charge in [-0.15, -0.1) is 23.5 Å². The first-order valence-electron chi connectivity index (χ1n) is 11.0. The molecule has 0 saturated carbocycles. The summed E-state index contributed by atoms with van der Waals surface area (Å²) in [6.45, 7) is 2.28. The number of thioether (sulfide) groups is 2. The van der Waals surface area contributed by atoms with E-state index in [0.717, 1.165) is 52.5 Å². The van der Waals surface area contributed by atoms with Crippen LogP contribution in [0, 0.1) is 0 Å². The molecule has 2 aromatic carbocycles. The van der Waals surface area contributed by atoms with E-state index < -0.39 is 0 Å². The molecular formula is C25H26N4O2S2. The van der Waals surface area contributed by atoms with Gasteiger partial charge in [0.25, 0.3) is 0 Å². The largest absolute Gasteiger partial charge is 0.492 e. The van der Waals surface area contributed by atoms with E-state index in [0.29, 0.717) is 16.9 Å². The molecule has 4 aromatic rings. The van der Waals surface area contributed by atoms with Crippen LogP contribution in [-0.4, -0.2) is 52.8 Å². The Kier molecular flexibility index (Phi) is 7.04. The Hall–Kier alpha value is -2.68. The van der Waals surface area contributed by atoms with E-state index >= 15 is 0 Å². The van der Waals surface area contributed by atoms with Gasteiger partial charge in [-0.05, 0) is 36.9 Å². The molecule has 5 rings (SSSR count). The molecule has 1 aliphatic rings. The summed E-state index contributed by atoms with van der Waals surface area (Å²) in [5, 5.41) is 7.57. The molecule has 0 unspecified atom stereocenters. The number of nitrogens with one attached hydrogen (secondary N) is 2. The fraction of sp³-hybridized carbons (Fsp3) is 0.280. The molecule has 170 valence electrons. The number of fused-ring (bicyclic) bond motifs is 1. The van der Waals surface area contributed by atoms with Crippen LogP contribution < -0.4 is 15.4 Å². The lowest BCUT2D eigenvalue weighted by molar-refractivity contribution is 0.318. The van der Waals surface area contributed by atoms with E-state index in [-0.39, 0.29) is 0 Å². The average Bonchev–Trinajstić information content (AvgIpc) is 3.52. The molecule has 2 aromatic heterocycles. The van der Waals surface area contributed by atoms with Gasteiger partial charge in [-0.25, -0.2) is 9.97 Å². The van der Waals surface area contributed by atoms with Crippen molar-refractivity contribution in [1.82, 2.24) is 15.3 Å². The fourth-order valence-electron chi connectivity index (χ4n) is 3.83. The van der Waals surface area contributed by atoms with Gasteiger partial charge in [-0.3, -0.25) is 0 Å². The summed E-state index contributed by atoms with van der Waals surface area (Å²) in [6, 6.07) is 18.3. The highest BCUT2D eigenvalue weighted by Crippen LogP contribution is 2.43. The number of hydrogen-bond acceptors (Lipinski definition) is 8.